The number of nitrogens with one attached hydrogen (secondary N) is 1. The van der Waals surface area contributed by atoms with Crippen molar-refractivity contribution in [3.05, 3.63) is 45.7 Å². The first-order valence-corrected chi connectivity index (χ1v) is 10.7. The zero-order valence-electron chi connectivity index (χ0n) is 16.5. The van der Waals surface area contributed by atoms with E-state index < -0.39 is 0 Å². The van der Waals surface area contributed by atoms with Gasteiger partial charge >= 0.3 is 0 Å². The number of likely N-dealkylation sites (N-methyl/N-ethyl adjacent to an activating group) is 1. The van der Waals surface area contributed by atoms with E-state index in [0.29, 0.717) is 12.2 Å². The van der Waals surface area contributed by atoms with Crippen molar-refractivity contribution in [2.75, 3.05) is 51.5 Å². The molecule has 2 aliphatic heterocycles. The summed E-state index contributed by atoms with van der Waals surface area (Å²) in [6.07, 6.45) is 1.56. The molecular formula is C20H27N5O2S. The number of piperazine rings is 1. The Labute approximate surface area is 169 Å². The van der Waals surface area contributed by atoms with E-state index in [1.165, 1.54) is 0 Å². The van der Waals surface area contributed by atoms with Crippen molar-refractivity contribution in [1.29, 1.82) is 0 Å². The summed E-state index contributed by atoms with van der Waals surface area (Å²) in [6.45, 7) is 4.56. The Hall–Kier alpha value is -2.03. The Kier molecular flexibility index (Phi) is 5.89. The van der Waals surface area contributed by atoms with E-state index in [0.717, 1.165) is 66.9 Å². The number of aromatic nitrogens is 2. The lowest BCUT2D eigenvalue weighted by molar-refractivity contribution is 0.178. The number of hydrogen-bond acceptors (Lipinski definition) is 7. The minimum absolute atomic E-state index is 0.0737. The zero-order chi connectivity index (χ0) is 19.5. The Bertz CT molecular complexity index is 875. The summed E-state index contributed by atoms with van der Waals surface area (Å²) in [5.41, 5.74) is 5.33. The predicted octanol–water partition coefficient (Wildman–Crippen LogP) is 1.91. The minimum Gasteiger partial charge on any atom is -0.497 e. The van der Waals surface area contributed by atoms with Crippen LogP contribution in [0.25, 0.3) is 0 Å². The van der Waals surface area contributed by atoms with Gasteiger partial charge in [-0.3, -0.25) is 9.36 Å². The molecule has 0 bridgehead atoms. The average molecular weight is 402 g/mol. The van der Waals surface area contributed by atoms with Crippen LogP contribution in [0.2, 0.25) is 0 Å². The van der Waals surface area contributed by atoms with E-state index in [1.54, 1.807) is 18.9 Å². The molecule has 2 aromatic rings. The highest BCUT2D eigenvalue weighted by Gasteiger charge is 2.22. The van der Waals surface area contributed by atoms with Crippen LogP contribution in [0.1, 0.15) is 17.5 Å². The van der Waals surface area contributed by atoms with Crippen molar-refractivity contribution in [3.63, 3.8) is 0 Å². The van der Waals surface area contributed by atoms with Crippen LogP contribution >= 0.6 is 11.8 Å². The molecule has 1 aromatic heterocycles. The van der Waals surface area contributed by atoms with Gasteiger partial charge in [-0.05, 0) is 31.2 Å². The van der Waals surface area contributed by atoms with Crippen LogP contribution in [0.3, 0.4) is 0 Å². The number of benzene rings is 1. The number of hydrazine groups is 1. The quantitative estimate of drug-likeness (QED) is 0.768. The van der Waals surface area contributed by atoms with Crippen molar-refractivity contribution in [2.24, 2.45) is 0 Å². The number of hydrogen-bond donors (Lipinski definition) is 1. The van der Waals surface area contributed by atoms with Crippen LogP contribution in [0.15, 0.2) is 34.2 Å². The maximum atomic E-state index is 13.3. The monoisotopic (exact) mass is 401 g/mol. The Morgan fingerprint density at radius 2 is 1.89 bits per heavy atom. The molecule has 0 spiro atoms. The molecule has 28 heavy (non-hydrogen) atoms. The van der Waals surface area contributed by atoms with Crippen LogP contribution in [0, 0.1) is 0 Å². The molecule has 0 radical (unpaired) electrons. The summed E-state index contributed by atoms with van der Waals surface area (Å²) in [7, 11) is 3.79. The Balaban J connectivity index is 1.66. The van der Waals surface area contributed by atoms with Gasteiger partial charge in [-0.2, -0.15) is 0 Å². The minimum atomic E-state index is 0.0737. The number of nitrogens with zero attached hydrogens (tertiary/aromatic N) is 4. The van der Waals surface area contributed by atoms with Crippen LogP contribution in [0.4, 0.5) is 5.82 Å². The molecule has 1 fully saturated rings. The lowest BCUT2D eigenvalue weighted by atomic mass is 10.1. The van der Waals surface area contributed by atoms with E-state index in [1.807, 2.05) is 28.8 Å². The molecule has 0 aliphatic carbocycles. The van der Waals surface area contributed by atoms with Gasteiger partial charge in [0.1, 0.15) is 5.75 Å². The smallest absolute Gasteiger partial charge is 0.259 e. The highest BCUT2D eigenvalue weighted by Crippen LogP contribution is 2.25. The standard InChI is InChI=1S/C20H27N5O2S/c1-23-9-11-24(12-10-23)22-18-17(14-15-4-6-16(27-2)7-5-15)19(26)25-8-3-13-28-20(25)21-18/h4-7,22H,3,8-14H2,1-2H3. The van der Waals surface area contributed by atoms with Crippen molar-refractivity contribution in [3.8, 4) is 5.75 Å². The van der Waals surface area contributed by atoms with Gasteiger partial charge in [0.25, 0.3) is 5.56 Å². The van der Waals surface area contributed by atoms with Gasteiger partial charge in [-0.15, -0.1) is 0 Å². The molecule has 150 valence electrons. The predicted molar refractivity (Wildman–Crippen MR) is 112 cm³/mol. The van der Waals surface area contributed by atoms with Crippen molar-refractivity contribution >= 4 is 17.6 Å². The second-order valence-corrected chi connectivity index (χ2v) is 8.37. The van der Waals surface area contributed by atoms with Gasteiger partial charge in [0.05, 0.1) is 12.7 Å². The van der Waals surface area contributed by atoms with Crippen LogP contribution in [-0.2, 0) is 13.0 Å². The molecule has 0 saturated carbocycles. The van der Waals surface area contributed by atoms with E-state index in [2.05, 4.69) is 22.4 Å². The molecule has 0 atom stereocenters. The fraction of sp³-hybridized carbons (Fsp3) is 0.500. The highest BCUT2D eigenvalue weighted by molar-refractivity contribution is 7.99. The molecule has 3 heterocycles. The van der Waals surface area contributed by atoms with Gasteiger partial charge in [0.15, 0.2) is 11.0 Å². The fourth-order valence-corrected chi connectivity index (χ4v) is 4.48. The van der Waals surface area contributed by atoms with Crippen molar-refractivity contribution in [1.82, 2.24) is 19.5 Å². The summed E-state index contributed by atoms with van der Waals surface area (Å²) in [5.74, 6) is 2.53. The molecule has 7 nitrogen and oxygen atoms in total. The summed E-state index contributed by atoms with van der Waals surface area (Å²) in [6, 6.07) is 7.89. The normalized spacial score (nSPS) is 17.9. The number of methoxy groups -OCH3 is 1. The molecule has 0 unspecified atom stereocenters. The van der Waals surface area contributed by atoms with Gasteiger partial charge in [0, 0.05) is 44.9 Å². The molecule has 1 saturated heterocycles. The number of ether oxygens (including phenoxy) is 1. The number of fused-ring (bicyclic) bond motifs is 1. The fourth-order valence-electron chi connectivity index (χ4n) is 3.54. The second kappa shape index (κ2) is 8.55. The summed E-state index contributed by atoms with van der Waals surface area (Å²) < 4.78 is 7.08. The van der Waals surface area contributed by atoms with E-state index >= 15 is 0 Å². The maximum absolute atomic E-state index is 13.3. The van der Waals surface area contributed by atoms with Gasteiger partial charge in [-0.1, -0.05) is 23.9 Å². The summed E-state index contributed by atoms with van der Waals surface area (Å²) in [5, 5.41) is 3.00. The van der Waals surface area contributed by atoms with E-state index in [-0.39, 0.29) is 5.56 Å². The van der Waals surface area contributed by atoms with Crippen molar-refractivity contribution in [2.45, 2.75) is 24.5 Å². The second-order valence-electron chi connectivity index (χ2n) is 7.31. The topological polar surface area (TPSA) is 62.6 Å². The average Bonchev–Trinajstić information content (AvgIpc) is 2.73. The summed E-state index contributed by atoms with van der Waals surface area (Å²) >= 11 is 1.67. The first-order valence-electron chi connectivity index (χ1n) is 9.73. The molecule has 2 aliphatic rings. The molecular weight excluding hydrogens is 374 g/mol. The summed E-state index contributed by atoms with van der Waals surface area (Å²) in [4.78, 5) is 20.4. The third kappa shape index (κ3) is 4.19. The first-order chi connectivity index (χ1) is 13.6. The molecule has 0 amide bonds. The highest BCUT2D eigenvalue weighted by atomic mass is 32.2. The Morgan fingerprint density at radius 3 is 2.61 bits per heavy atom. The maximum Gasteiger partial charge on any atom is 0.259 e. The molecule has 8 heteroatoms. The van der Waals surface area contributed by atoms with Gasteiger partial charge in [-0.25, -0.2) is 9.99 Å². The SMILES string of the molecule is COc1ccc(Cc2c(NN3CCN(C)CC3)nc3n(c2=O)CCCS3)cc1. The van der Waals surface area contributed by atoms with E-state index in [4.69, 9.17) is 9.72 Å². The molecule has 4 rings (SSSR count). The molecule has 1 N–H and O–H groups in total. The lowest BCUT2D eigenvalue weighted by Gasteiger charge is -2.33. The van der Waals surface area contributed by atoms with Gasteiger partial charge < -0.3 is 15.1 Å². The first kappa shape index (κ1) is 19.3. The van der Waals surface area contributed by atoms with Gasteiger partial charge in [0.2, 0.25) is 0 Å². The lowest BCUT2D eigenvalue weighted by Crippen LogP contribution is -2.47. The third-order valence-electron chi connectivity index (χ3n) is 5.29. The van der Waals surface area contributed by atoms with Crippen LogP contribution in [0.5, 0.6) is 5.75 Å². The molecule has 1 aromatic carbocycles. The number of rotatable bonds is 5. The Morgan fingerprint density at radius 1 is 1.14 bits per heavy atom. The van der Waals surface area contributed by atoms with Crippen LogP contribution < -0.4 is 15.7 Å². The number of anilines is 1. The largest absolute Gasteiger partial charge is 0.497 e. The van der Waals surface area contributed by atoms with Crippen LogP contribution in [-0.4, -0.2) is 65.5 Å². The number of thioether (sulfide) groups is 1. The zero-order valence-corrected chi connectivity index (χ0v) is 17.3. The van der Waals surface area contributed by atoms with E-state index in [9.17, 15) is 4.79 Å². The van der Waals surface area contributed by atoms with Crippen molar-refractivity contribution < 1.29 is 4.74 Å². The third-order valence-corrected chi connectivity index (χ3v) is 6.35.